The number of esters is 1. The minimum Gasteiger partial charge on any atom is -0.493 e. The molecule has 2 aromatic rings. The quantitative estimate of drug-likeness (QED) is 0.569. The van der Waals surface area contributed by atoms with E-state index in [1.807, 2.05) is 10.9 Å². The molecule has 0 saturated heterocycles. The Balaban J connectivity index is 1.54. The second-order valence-electron chi connectivity index (χ2n) is 5.76. The Morgan fingerprint density at radius 3 is 2.62 bits per heavy atom. The van der Waals surface area contributed by atoms with Crippen LogP contribution in [0.2, 0.25) is 0 Å². The molecular weight excluding hydrogens is 387 g/mol. The molecule has 0 fully saturated rings. The van der Waals surface area contributed by atoms with Gasteiger partial charge in [-0.15, -0.1) is 0 Å². The zero-order valence-electron chi connectivity index (χ0n) is 15.3. The van der Waals surface area contributed by atoms with Gasteiger partial charge in [0.1, 0.15) is 19.0 Å². The number of carbonyl (C=O) groups is 3. The van der Waals surface area contributed by atoms with Crippen LogP contribution >= 0.6 is 0 Å². The van der Waals surface area contributed by atoms with Crippen LogP contribution in [-0.4, -0.2) is 44.7 Å². The SMILES string of the molecule is COc1cc(C(=O)OCC(=O)NNC(=O)c2ccccc2F)cc2c1OCCO2. The van der Waals surface area contributed by atoms with Crippen molar-refractivity contribution in [3.8, 4) is 17.2 Å². The van der Waals surface area contributed by atoms with Crippen LogP contribution < -0.4 is 25.1 Å². The van der Waals surface area contributed by atoms with Crippen molar-refractivity contribution in [3.05, 3.63) is 53.3 Å². The highest BCUT2D eigenvalue weighted by Gasteiger charge is 2.22. The zero-order chi connectivity index (χ0) is 20.8. The predicted molar refractivity (Wildman–Crippen MR) is 96.3 cm³/mol. The summed E-state index contributed by atoms with van der Waals surface area (Å²) < 4.78 is 34.5. The summed E-state index contributed by atoms with van der Waals surface area (Å²) in [6.45, 7) is -0.00215. The number of ether oxygens (including phenoxy) is 4. The Morgan fingerprint density at radius 2 is 1.86 bits per heavy atom. The number of halogens is 1. The van der Waals surface area contributed by atoms with E-state index < -0.39 is 30.2 Å². The highest BCUT2D eigenvalue weighted by Crippen LogP contribution is 2.40. The molecule has 0 radical (unpaired) electrons. The molecule has 0 atom stereocenters. The van der Waals surface area contributed by atoms with Crippen LogP contribution in [0, 0.1) is 5.82 Å². The molecule has 2 amide bonds. The highest BCUT2D eigenvalue weighted by atomic mass is 19.1. The van der Waals surface area contributed by atoms with E-state index in [-0.39, 0.29) is 16.9 Å². The molecule has 0 aliphatic carbocycles. The number of benzene rings is 2. The van der Waals surface area contributed by atoms with Crippen LogP contribution in [0.1, 0.15) is 20.7 Å². The molecule has 0 spiro atoms. The first-order chi connectivity index (χ1) is 14.0. The van der Waals surface area contributed by atoms with Crippen molar-refractivity contribution in [2.45, 2.75) is 0 Å². The Hall–Kier alpha value is -3.82. The highest BCUT2D eigenvalue weighted by molar-refractivity contribution is 5.96. The van der Waals surface area contributed by atoms with Crippen LogP contribution in [0.15, 0.2) is 36.4 Å². The van der Waals surface area contributed by atoms with Gasteiger partial charge in [0.05, 0.1) is 18.2 Å². The lowest BCUT2D eigenvalue weighted by atomic mass is 10.1. The number of methoxy groups -OCH3 is 1. The second kappa shape index (κ2) is 8.91. The first kappa shape index (κ1) is 19.9. The van der Waals surface area contributed by atoms with Crippen molar-refractivity contribution >= 4 is 17.8 Å². The van der Waals surface area contributed by atoms with Crippen molar-refractivity contribution in [2.75, 3.05) is 26.9 Å². The van der Waals surface area contributed by atoms with E-state index in [1.165, 1.54) is 37.4 Å². The molecular formula is C19H17FN2O7. The van der Waals surface area contributed by atoms with Crippen molar-refractivity contribution in [2.24, 2.45) is 0 Å². The van der Waals surface area contributed by atoms with Gasteiger partial charge in [0.15, 0.2) is 18.1 Å². The van der Waals surface area contributed by atoms with E-state index >= 15 is 0 Å². The topological polar surface area (TPSA) is 112 Å². The summed E-state index contributed by atoms with van der Waals surface area (Å²) in [4.78, 5) is 35.8. The number of nitrogens with one attached hydrogen (secondary N) is 2. The molecule has 1 heterocycles. The maximum atomic E-state index is 13.5. The van der Waals surface area contributed by atoms with Gasteiger partial charge in [-0.2, -0.15) is 0 Å². The fourth-order valence-corrected chi connectivity index (χ4v) is 2.48. The van der Waals surface area contributed by atoms with E-state index in [9.17, 15) is 18.8 Å². The lowest BCUT2D eigenvalue weighted by molar-refractivity contribution is -0.125. The molecule has 0 aromatic heterocycles. The minimum atomic E-state index is -0.848. The van der Waals surface area contributed by atoms with Crippen LogP contribution in [0.3, 0.4) is 0 Å². The number of rotatable bonds is 5. The molecule has 9 nitrogen and oxygen atoms in total. The van der Waals surface area contributed by atoms with Crippen molar-refractivity contribution in [1.29, 1.82) is 0 Å². The Morgan fingerprint density at radius 1 is 1.10 bits per heavy atom. The molecule has 152 valence electrons. The van der Waals surface area contributed by atoms with Gasteiger partial charge in [-0.1, -0.05) is 12.1 Å². The Kier molecular flexibility index (Phi) is 6.12. The molecule has 2 N–H and O–H groups in total. The van der Waals surface area contributed by atoms with Gasteiger partial charge in [0.25, 0.3) is 11.8 Å². The number of hydrazine groups is 1. The fraction of sp³-hybridized carbons (Fsp3) is 0.211. The zero-order valence-corrected chi connectivity index (χ0v) is 15.3. The number of hydrogen-bond donors (Lipinski definition) is 2. The number of carbonyl (C=O) groups excluding carboxylic acids is 3. The van der Waals surface area contributed by atoms with Gasteiger partial charge in [0, 0.05) is 0 Å². The van der Waals surface area contributed by atoms with Crippen LogP contribution in [0.4, 0.5) is 4.39 Å². The lowest BCUT2D eigenvalue weighted by Crippen LogP contribution is -2.43. The summed E-state index contributed by atoms with van der Waals surface area (Å²) >= 11 is 0. The second-order valence-corrected chi connectivity index (χ2v) is 5.76. The van der Waals surface area contributed by atoms with E-state index in [4.69, 9.17) is 18.9 Å². The molecule has 2 aromatic carbocycles. The predicted octanol–water partition coefficient (Wildman–Crippen LogP) is 1.22. The summed E-state index contributed by atoms with van der Waals surface area (Å²) in [5.41, 5.74) is 3.92. The standard InChI is InChI=1S/C19H17FN2O7/c1-26-14-8-11(9-15-17(14)28-7-6-27-15)19(25)29-10-16(23)21-22-18(24)12-4-2-3-5-13(12)20/h2-5,8-9H,6-7,10H2,1H3,(H,21,23)(H,22,24). The Bertz CT molecular complexity index is 931. The van der Waals surface area contributed by atoms with E-state index in [0.717, 1.165) is 6.07 Å². The van der Waals surface area contributed by atoms with Crippen molar-refractivity contribution in [3.63, 3.8) is 0 Å². The molecule has 3 rings (SSSR count). The van der Waals surface area contributed by atoms with Gasteiger partial charge >= 0.3 is 5.97 Å². The normalized spacial score (nSPS) is 11.9. The van der Waals surface area contributed by atoms with E-state index in [1.54, 1.807) is 0 Å². The first-order valence-corrected chi connectivity index (χ1v) is 8.48. The van der Waals surface area contributed by atoms with Gasteiger partial charge in [0.2, 0.25) is 5.75 Å². The Labute approximate surface area is 164 Å². The number of fused-ring (bicyclic) bond motifs is 1. The summed E-state index contributed by atoms with van der Waals surface area (Å²) in [6.07, 6.45) is 0. The molecule has 10 heteroatoms. The molecule has 0 bridgehead atoms. The molecule has 29 heavy (non-hydrogen) atoms. The first-order valence-electron chi connectivity index (χ1n) is 8.48. The minimum absolute atomic E-state index is 0.0919. The summed E-state index contributed by atoms with van der Waals surface area (Å²) in [5.74, 6) is -2.22. The van der Waals surface area contributed by atoms with E-state index in [2.05, 4.69) is 0 Å². The average Bonchev–Trinajstić information content (AvgIpc) is 2.75. The monoisotopic (exact) mass is 404 g/mol. The van der Waals surface area contributed by atoms with Crippen LogP contribution in [-0.2, 0) is 9.53 Å². The van der Waals surface area contributed by atoms with Gasteiger partial charge in [-0.3, -0.25) is 20.4 Å². The third-order valence-electron chi connectivity index (χ3n) is 3.83. The van der Waals surface area contributed by atoms with Crippen molar-refractivity contribution in [1.82, 2.24) is 10.9 Å². The smallest absolute Gasteiger partial charge is 0.338 e. The molecule has 1 aliphatic heterocycles. The average molecular weight is 404 g/mol. The number of amides is 2. The van der Waals surface area contributed by atoms with Crippen molar-refractivity contribution < 1.29 is 37.7 Å². The maximum absolute atomic E-state index is 13.5. The molecule has 0 saturated carbocycles. The maximum Gasteiger partial charge on any atom is 0.338 e. The van der Waals surface area contributed by atoms with Crippen LogP contribution in [0.25, 0.3) is 0 Å². The van der Waals surface area contributed by atoms with E-state index in [0.29, 0.717) is 24.7 Å². The third kappa shape index (κ3) is 4.72. The van der Waals surface area contributed by atoms with Crippen LogP contribution in [0.5, 0.6) is 17.2 Å². The summed E-state index contributed by atoms with van der Waals surface area (Å²) in [7, 11) is 1.41. The third-order valence-corrected chi connectivity index (χ3v) is 3.83. The summed E-state index contributed by atoms with van der Waals surface area (Å²) in [5, 5.41) is 0. The molecule has 1 aliphatic rings. The molecule has 0 unspecified atom stereocenters. The van der Waals surface area contributed by atoms with Gasteiger partial charge in [-0.25, -0.2) is 9.18 Å². The largest absolute Gasteiger partial charge is 0.493 e. The fourth-order valence-electron chi connectivity index (χ4n) is 2.48. The van der Waals surface area contributed by atoms with Gasteiger partial charge in [-0.05, 0) is 24.3 Å². The number of hydrogen-bond acceptors (Lipinski definition) is 7. The lowest BCUT2D eigenvalue weighted by Gasteiger charge is -2.21. The van der Waals surface area contributed by atoms with Gasteiger partial charge < -0.3 is 18.9 Å². The summed E-state index contributed by atoms with van der Waals surface area (Å²) in [6, 6.07) is 8.08.